The molecule has 1 heterocycles. The zero-order chi connectivity index (χ0) is 30.3. The number of carboxylic acid groups (broad SMARTS) is 1. The molecule has 1 aromatic heterocycles. The Morgan fingerprint density at radius 3 is 2.50 bits per heavy atom. The number of hydrogen-bond acceptors (Lipinski definition) is 7. The van der Waals surface area contributed by atoms with Crippen molar-refractivity contribution in [2.45, 2.75) is 45.6 Å². The molecule has 0 radical (unpaired) electrons. The number of nitrogens with one attached hydrogen (secondary N) is 2. The highest BCUT2D eigenvalue weighted by atomic mass is 16.7. The SMILES string of the molecule is CCCCCC[C@H](CN(C=O)OCc1ccccc1)C(=O)NCNC(=O)c1ccc(-c2cc(OC)cc(C(=O)O)c2)o1. The van der Waals surface area contributed by atoms with E-state index >= 15 is 0 Å². The van der Waals surface area contributed by atoms with E-state index in [1.807, 2.05) is 30.3 Å². The second kappa shape index (κ2) is 16.6. The summed E-state index contributed by atoms with van der Waals surface area (Å²) in [7, 11) is 1.42. The maximum Gasteiger partial charge on any atom is 0.335 e. The van der Waals surface area contributed by atoms with Crippen LogP contribution in [0.25, 0.3) is 11.3 Å². The van der Waals surface area contributed by atoms with Gasteiger partial charge >= 0.3 is 5.97 Å². The molecule has 0 aliphatic heterocycles. The van der Waals surface area contributed by atoms with Crippen molar-refractivity contribution in [2.75, 3.05) is 20.3 Å². The van der Waals surface area contributed by atoms with Crippen molar-refractivity contribution in [3.8, 4) is 17.1 Å². The summed E-state index contributed by atoms with van der Waals surface area (Å²) in [5.41, 5.74) is 1.34. The summed E-state index contributed by atoms with van der Waals surface area (Å²) in [6.45, 7) is 2.21. The van der Waals surface area contributed by atoms with E-state index in [0.717, 1.165) is 36.3 Å². The Kier molecular flexibility index (Phi) is 12.6. The lowest BCUT2D eigenvalue weighted by Crippen LogP contribution is -2.43. The average Bonchev–Trinajstić information content (AvgIpc) is 3.51. The first kappa shape index (κ1) is 31.9. The molecule has 0 aliphatic rings. The smallest absolute Gasteiger partial charge is 0.335 e. The predicted octanol–water partition coefficient (Wildman–Crippen LogP) is 4.63. The van der Waals surface area contributed by atoms with Crippen molar-refractivity contribution >= 4 is 24.2 Å². The Bertz CT molecular complexity index is 1320. The van der Waals surface area contributed by atoms with Gasteiger partial charge in [0.15, 0.2) is 5.76 Å². The van der Waals surface area contributed by atoms with E-state index in [0.29, 0.717) is 24.1 Å². The molecule has 42 heavy (non-hydrogen) atoms. The summed E-state index contributed by atoms with van der Waals surface area (Å²) >= 11 is 0. The lowest BCUT2D eigenvalue weighted by Gasteiger charge is -2.23. The third-order valence-electron chi connectivity index (χ3n) is 6.55. The number of aromatic carboxylic acids is 1. The molecule has 3 N–H and O–H groups in total. The van der Waals surface area contributed by atoms with Gasteiger partial charge in [0.1, 0.15) is 18.1 Å². The molecular formula is C31H37N3O8. The number of hydroxylamine groups is 2. The number of hydrogen-bond donors (Lipinski definition) is 3. The van der Waals surface area contributed by atoms with E-state index < -0.39 is 17.8 Å². The van der Waals surface area contributed by atoms with Crippen molar-refractivity contribution in [3.63, 3.8) is 0 Å². The number of methoxy groups -OCH3 is 1. The molecule has 11 nitrogen and oxygen atoms in total. The minimum Gasteiger partial charge on any atom is -0.497 e. The lowest BCUT2D eigenvalue weighted by molar-refractivity contribution is -0.182. The van der Waals surface area contributed by atoms with Gasteiger partial charge < -0.3 is 24.9 Å². The number of carbonyl (C=O) groups excluding carboxylic acids is 3. The van der Waals surface area contributed by atoms with Gasteiger partial charge in [-0.15, -0.1) is 0 Å². The van der Waals surface area contributed by atoms with E-state index in [9.17, 15) is 24.3 Å². The maximum atomic E-state index is 13.0. The molecule has 11 heteroatoms. The van der Waals surface area contributed by atoms with Gasteiger partial charge in [-0.3, -0.25) is 19.2 Å². The van der Waals surface area contributed by atoms with Crippen LogP contribution in [-0.4, -0.2) is 54.7 Å². The quantitative estimate of drug-likeness (QED) is 0.0855. The Morgan fingerprint density at radius 1 is 1.02 bits per heavy atom. The van der Waals surface area contributed by atoms with Gasteiger partial charge in [0.05, 0.1) is 31.8 Å². The molecule has 1 atom stereocenters. The number of carbonyl (C=O) groups is 4. The highest BCUT2D eigenvalue weighted by molar-refractivity contribution is 5.93. The Morgan fingerprint density at radius 2 is 1.81 bits per heavy atom. The van der Waals surface area contributed by atoms with Gasteiger partial charge in [-0.25, -0.2) is 9.86 Å². The fourth-order valence-electron chi connectivity index (χ4n) is 4.24. The fraction of sp³-hybridized carbons (Fsp3) is 0.355. The predicted molar refractivity (Wildman–Crippen MR) is 154 cm³/mol. The van der Waals surface area contributed by atoms with Crippen LogP contribution < -0.4 is 15.4 Å². The van der Waals surface area contributed by atoms with Crippen LogP contribution in [0.15, 0.2) is 65.1 Å². The summed E-state index contributed by atoms with van der Waals surface area (Å²) in [5.74, 6) is -1.95. The number of nitrogens with zero attached hydrogens (tertiary/aromatic N) is 1. The van der Waals surface area contributed by atoms with Gasteiger partial charge in [-0.2, -0.15) is 0 Å². The fourth-order valence-corrected chi connectivity index (χ4v) is 4.24. The summed E-state index contributed by atoms with van der Waals surface area (Å²) in [6.07, 6.45) is 4.99. The average molecular weight is 580 g/mol. The lowest BCUT2D eigenvalue weighted by atomic mass is 9.99. The molecule has 0 spiro atoms. The molecule has 0 unspecified atom stereocenters. The van der Waals surface area contributed by atoms with Crippen LogP contribution in [0.4, 0.5) is 0 Å². The van der Waals surface area contributed by atoms with Gasteiger partial charge in [-0.1, -0.05) is 62.9 Å². The van der Waals surface area contributed by atoms with E-state index in [4.69, 9.17) is 14.0 Å². The Hall–Kier alpha value is -4.64. The number of ether oxygens (including phenoxy) is 1. The van der Waals surface area contributed by atoms with Crippen LogP contribution in [0.2, 0.25) is 0 Å². The van der Waals surface area contributed by atoms with Crippen LogP contribution in [0.3, 0.4) is 0 Å². The minimum absolute atomic E-state index is 0.0114. The normalized spacial score (nSPS) is 11.4. The molecule has 0 fully saturated rings. The third-order valence-corrected chi connectivity index (χ3v) is 6.55. The van der Waals surface area contributed by atoms with E-state index in [1.54, 1.807) is 12.1 Å². The van der Waals surface area contributed by atoms with Crippen molar-refractivity contribution in [2.24, 2.45) is 5.92 Å². The number of benzene rings is 2. The van der Waals surface area contributed by atoms with E-state index in [1.165, 1.54) is 25.3 Å². The number of furan rings is 1. The van der Waals surface area contributed by atoms with Crippen LogP contribution in [0, 0.1) is 5.92 Å². The first-order valence-corrected chi connectivity index (χ1v) is 13.8. The molecule has 3 amide bonds. The maximum absolute atomic E-state index is 13.0. The topological polar surface area (TPSA) is 147 Å². The standard InChI is InChI=1S/C31H37N3O8/c1-3-4-5-9-12-23(18-34(21-35)41-19-22-10-7-6-8-11-22)29(36)32-20-33-30(37)28-14-13-27(42-28)24-15-25(31(38)39)17-26(16-24)40-2/h6-8,10-11,13-17,21,23H,3-5,9,12,18-20H2,1-2H3,(H,32,36)(H,33,37)(H,38,39)/t23-/m1/s1. The first-order valence-electron chi connectivity index (χ1n) is 13.8. The number of unbranched alkanes of at least 4 members (excludes halogenated alkanes) is 3. The molecule has 0 bridgehead atoms. The van der Waals surface area contributed by atoms with Crippen LogP contribution >= 0.6 is 0 Å². The van der Waals surface area contributed by atoms with Gasteiger partial charge in [0.2, 0.25) is 12.3 Å². The van der Waals surface area contributed by atoms with Crippen molar-refractivity contribution in [1.29, 1.82) is 0 Å². The second-order valence-corrected chi connectivity index (χ2v) is 9.65. The van der Waals surface area contributed by atoms with Crippen LogP contribution in [0.5, 0.6) is 5.75 Å². The van der Waals surface area contributed by atoms with E-state index in [-0.39, 0.29) is 42.8 Å². The highest BCUT2D eigenvalue weighted by Gasteiger charge is 2.22. The van der Waals surface area contributed by atoms with Gasteiger partial charge in [0, 0.05) is 5.56 Å². The second-order valence-electron chi connectivity index (χ2n) is 9.65. The Labute approximate surface area is 244 Å². The summed E-state index contributed by atoms with van der Waals surface area (Å²) < 4.78 is 10.8. The molecular weight excluding hydrogens is 542 g/mol. The Balaban J connectivity index is 1.57. The van der Waals surface area contributed by atoms with Crippen LogP contribution in [0.1, 0.15) is 65.5 Å². The number of rotatable bonds is 18. The summed E-state index contributed by atoms with van der Waals surface area (Å²) in [6, 6.07) is 16.8. The molecule has 3 rings (SSSR count). The van der Waals surface area contributed by atoms with Gasteiger partial charge in [0.25, 0.3) is 5.91 Å². The van der Waals surface area contributed by atoms with Crippen molar-refractivity contribution < 1.29 is 38.3 Å². The largest absolute Gasteiger partial charge is 0.497 e. The van der Waals surface area contributed by atoms with E-state index in [2.05, 4.69) is 17.6 Å². The zero-order valence-electron chi connectivity index (χ0n) is 23.8. The molecule has 0 saturated heterocycles. The third kappa shape index (κ3) is 9.77. The van der Waals surface area contributed by atoms with Crippen molar-refractivity contribution in [1.82, 2.24) is 15.7 Å². The summed E-state index contributed by atoms with van der Waals surface area (Å²) in [4.78, 5) is 54.5. The molecule has 224 valence electrons. The zero-order valence-corrected chi connectivity index (χ0v) is 23.8. The molecule has 3 aromatic rings. The van der Waals surface area contributed by atoms with Gasteiger partial charge in [-0.05, 0) is 42.3 Å². The minimum atomic E-state index is -1.13. The summed E-state index contributed by atoms with van der Waals surface area (Å²) in [5, 5.41) is 15.8. The molecule has 0 aliphatic carbocycles. The molecule has 0 saturated carbocycles. The first-order chi connectivity index (χ1) is 20.3. The monoisotopic (exact) mass is 579 g/mol. The van der Waals surface area contributed by atoms with Crippen molar-refractivity contribution in [3.05, 3.63) is 77.6 Å². The highest BCUT2D eigenvalue weighted by Crippen LogP contribution is 2.28. The number of carboxylic acids is 1. The number of amides is 3. The van der Waals surface area contributed by atoms with Crippen LogP contribution in [-0.2, 0) is 21.0 Å². The molecule has 2 aromatic carbocycles.